The smallest absolute Gasteiger partial charge is 0.166 e. The van der Waals surface area contributed by atoms with E-state index in [4.69, 9.17) is 18.9 Å². The molecule has 1 aromatic carbocycles. The number of benzene rings is 1. The van der Waals surface area contributed by atoms with Crippen LogP contribution in [0.4, 0.5) is 0 Å². The first-order chi connectivity index (χ1) is 18.0. The van der Waals surface area contributed by atoms with Gasteiger partial charge in [-0.05, 0) is 80.8 Å². The number of hydrogen-bond donors (Lipinski definition) is 0. The predicted octanol–water partition coefficient (Wildman–Crippen LogP) is 5.67. The summed E-state index contributed by atoms with van der Waals surface area (Å²) in [6, 6.07) is 8.08. The van der Waals surface area contributed by atoms with Crippen molar-refractivity contribution in [2.45, 2.75) is 65.3 Å². The largest absolute Gasteiger partial charge is 0.501 e. The van der Waals surface area contributed by atoms with E-state index in [2.05, 4.69) is 50.0 Å². The first-order valence-electron chi connectivity index (χ1n) is 14.0. The molecule has 0 amide bonds. The van der Waals surface area contributed by atoms with E-state index in [-0.39, 0.29) is 46.6 Å². The van der Waals surface area contributed by atoms with Gasteiger partial charge in [0.15, 0.2) is 5.78 Å². The number of carbonyl (C=O) groups excluding carboxylic acids is 1. The van der Waals surface area contributed by atoms with Crippen molar-refractivity contribution in [2.75, 3.05) is 42.0 Å². The monoisotopic (exact) mass is 525 g/mol. The molecule has 0 heterocycles. The number of ether oxygens (including phenoxy) is 4. The Morgan fingerprint density at radius 3 is 2.34 bits per heavy atom. The summed E-state index contributed by atoms with van der Waals surface area (Å²) in [7, 11) is 9.30. The number of nitrogens with zero attached hydrogens (tertiary/aromatic N) is 1. The Bertz CT molecular complexity index is 1040. The number of ketones is 1. The third-order valence-corrected chi connectivity index (χ3v) is 9.57. The van der Waals surface area contributed by atoms with Gasteiger partial charge >= 0.3 is 0 Å². The van der Waals surface area contributed by atoms with E-state index in [0.29, 0.717) is 6.61 Å². The van der Waals surface area contributed by atoms with Gasteiger partial charge in [0.25, 0.3) is 0 Å². The SMILES string of the molecule is CO/C1=C\C[C@@H]2C=C(C(=O)C2CN(C)C)[C@H](OC)C[C@@H]2C(C)(C)[C@@H](OCc3ccc(OC)cc3)CC[C@@]12C. The molecule has 1 unspecified atom stereocenters. The molecule has 6 heteroatoms. The predicted molar refractivity (Wildman–Crippen MR) is 150 cm³/mol. The summed E-state index contributed by atoms with van der Waals surface area (Å²) in [5.41, 5.74) is 1.65. The molecule has 0 radical (unpaired) electrons. The first-order valence-corrected chi connectivity index (χ1v) is 14.0. The van der Waals surface area contributed by atoms with Gasteiger partial charge in [0.2, 0.25) is 0 Å². The molecular weight excluding hydrogens is 478 g/mol. The highest BCUT2D eigenvalue weighted by Gasteiger charge is 2.55. The van der Waals surface area contributed by atoms with Gasteiger partial charge in [-0.15, -0.1) is 0 Å². The molecule has 1 fully saturated rings. The highest BCUT2D eigenvalue weighted by Crippen LogP contribution is 2.58. The van der Waals surface area contributed by atoms with Crippen LogP contribution < -0.4 is 4.74 Å². The molecule has 0 spiro atoms. The zero-order chi connectivity index (χ0) is 27.7. The Kier molecular flexibility index (Phi) is 8.75. The fraction of sp³-hybridized carbons (Fsp3) is 0.656. The molecule has 1 saturated carbocycles. The summed E-state index contributed by atoms with van der Waals surface area (Å²) < 4.78 is 24.2. The standard InChI is InChI=1S/C32H47NO5/c1-31(2)27-18-26(36-7)24-17-22(25(30(24)34)19-33(4)5)11-14-29(37-8)32(27,3)16-15-28(31)38-20-21-9-12-23(35-6)13-10-21/h9-10,12-14,17,22,25-28H,11,15-16,18-20H2,1-8H3/b29-14-/t22-,25?,26-,27-,28+,32-/m1/s1. The summed E-state index contributed by atoms with van der Waals surface area (Å²) in [5.74, 6) is 2.44. The molecule has 2 bridgehead atoms. The maximum absolute atomic E-state index is 13.7. The van der Waals surface area contributed by atoms with Crippen LogP contribution in [0.2, 0.25) is 0 Å². The van der Waals surface area contributed by atoms with Crippen LogP contribution in [0, 0.1) is 28.6 Å². The van der Waals surface area contributed by atoms with Crippen LogP contribution in [0.5, 0.6) is 5.75 Å². The molecule has 1 aromatic rings. The quantitative estimate of drug-likeness (QED) is 0.436. The zero-order valence-electron chi connectivity index (χ0n) is 24.6. The second-order valence-corrected chi connectivity index (χ2v) is 12.5. The molecule has 6 nitrogen and oxygen atoms in total. The Morgan fingerprint density at radius 2 is 1.74 bits per heavy atom. The normalized spacial score (nSPS) is 34.2. The summed E-state index contributed by atoms with van der Waals surface area (Å²) in [6.07, 6.45) is 7.77. The Labute approximate surface area is 229 Å². The number of fused-ring (bicyclic) bond motifs is 2. The van der Waals surface area contributed by atoms with E-state index in [1.54, 1.807) is 21.3 Å². The second kappa shape index (κ2) is 11.5. The number of Topliss-reactive ketones (excluding diaryl/α,β-unsaturated/α-hetero) is 1. The molecule has 3 aliphatic carbocycles. The highest BCUT2D eigenvalue weighted by molar-refractivity contribution is 6.01. The van der Waals surface area contributed by atoms with Crippen LogP contribution in [-0.4, -0.2) is 64.9 Å². The van der Waals surface area contributed by atoms with Crippen molar-refractivity contribution in [3.05, 3.63) is 53.3 Å². The molecule has 6 atom stereocenters. The van der Waals surface area contributed by atoms with Crippen LogP contribution in [0.25, 0.3) is 0 Å². The topological polar surface area (TPSA) is 57.2 Å². The molecule has 3 aliphatic rings. The van der Waals surface area contributed by atoms with Gasteiger partial charge in [0.1, 0.15) is 5.75 Å². The van der Waals surface area contributed by atoms with Crippen LogP contribution in [0.1, 0.15) is 52.0 Å². The van der Waals surface area contributed by atoms with Crippen molar-refractivity contribution in [1.82, 2.24) is 4.90 Å². The van der Waals surface area contributed by atoms with Gasteiger partial charge in [-0.1, -0.05) is 39.0 Å². The highest BCUT2D eigenvalue weighted by atomic mass is 16.5. The Hall–Kier alpha value is -2.15. The van der Waals surface area contributed by atoms with Crippen molar-refractivity contribution >= 4 is 5.78 Å². The lowest BCUT2D eigenvalue weighted by molar-refractivity contribution is -0.141. The fourth-order valence-corrected chi connectivity index (χ4v) is 7.40. The maximum atomic E-state index is 13.7. The van der Waals surface area contributed by atoms with E-state index in [9.17, 15) is 4.79 Å². The van der Waals surface area contributed by atoms with E-state index in [1.165, 1.54) is 0 Å². The Balaban J connectivity index is 1.64. The van der Waals surface area contributed by atoms with E-state index in [1.807, 2.05) is 26.2 Å². The van der Waals surface area contributed by atoms with Gasteiger partial charge in [-0.3, -0.25) is 4.79 Å². The number of rotatable bonds is 8. The lowest BCUT2D eigenvalue weighted by Gasteiger charge is -2.55. The van der Waals surface area contributed by atoms with Crippen LogP contribution in [-0.2, 0) is 25.6 Å². The van der Waals surface area contributed by atoms with Crippen LogP contribution in [0.15, 0.2) is 47.7 Å². The summed E-state index contributed by atoms with van der Waals surface area (Å²) in [5, 5.41) is 0. The van der Waals surface area contributed by atoms with E-state index in [0.717, 1.165) is 54.9 Å². The third-order valence-electron chi connectivity index (χ3n) is 9.57. The zero-order valence-corrected chi connectivity index (χ0v) is 24.6. The average molecular weight is 526 g/mol. The lowest BCUT2D eigenvalue weighted by atomic mass is 9.52. The fourth-order valence-electron chi connectivity index (χ4n) is 7.40. The maximum Gasteiger partial charge on any atom is 0.166 e. The summed E-state index contributed by atoms with van der Waals surface area (Å²) in [4.78, 5) is 15.8. The average Bonchev–Trinajstić information content (AvgIpc) is 3.18. The molecule has 0 N–H and O–H groups in total. The number of allylic oxidation sites excluding steroid dienone is 3. The van der Waals surface area contributed by atoms with Crippen LogP contribution >= 0.6 is 0 Å². The molecule has 210 valence electrons. The van der Waals surface area contributed by atoms with Crippen LogP contribution in [0.3, 0.4) is 0 Å². The van der Waals surface area contributed by atoms with Gasteiger partial charge in [0.05, 0.1) is 38.8 Å². The number of carbonyl (C=O) groups is 1. The third kappa shape index (κ3) is 5.45. The van der Waals surface area contributed by atoms with Crippen molar-refractivity contribution in [2.24, 2.45) is 28.6 Å². The van der Waals surface area contributed by atoms with Gasteiger partial charge in [-0.2, -0.15) is 0 Å². The van der Waals surface area contributed by atoms with Gasteiger partial charge < -0.3 is 23.8 Å². The van der Waals surface area contributed by atoms with Crippen molar-refractivity contribution in [3.63, 3.8) is 0 Å². The summed E-state index contributed by atoms with van der Waals surface area (Å²) >= 11 is 0. The first kappa shape index (κ1) is 28.8. The van der Waals surface area contributed by atoms with E-state index >= 15 is 0 Å². The summed E-state index contributed by atoms with van der Waals surface area (Å²) in [6.45, 7) is 8.28. The van der Waals surface area contributed by atoms with Crippen molar-refractivity contribution in [1.29, 1.82) is 0 Å². The minimum atomic E-state index is -0.239. The minimum Gasteiger partial charge on any atom is -0.501 e. The second-order valence-electron chi connectivity index (χ2n) is 12.5. The molecule has 38 heavy (non-hydrogen) atoms. The van der Waals surface area contributed by atoms with Gasteiger partial charge in [0, 0.05) is 30.6 Å². The Morgan fingerprint density at radius 1 is 1.03 bits per heavy atom. The minimum absolute atomic E-state index is 0.0477. The molecule has 0 saturated heterocycles. The van der Waals surface area contributed by atoms with Gasteiger partial charge in [-0.25, -0.2) is 0 Å². The van der Waals surface area contributed by atoms with Crippen molar-refractivity contribution < 1.29 is 23.7 Å². The van der Waals surface area contributed by atoms with Crippen molar-refractivity contribution in [3.8, 4) is 5.75 Å². The lowest BCUT2D eigenvalue weighted by Crippen LogP contribution is -2.53. The number of hydrogen-bond acceptors (Lipinski definition) is 6. The molecule has 0 aromatic heterocycles. The molecule has 4 rings (SSSR count). The molecular formula is C32H47NO5. The molecule has 0 aliphatic heterocycles. The number of methoxy groups -OCH3 is 3. The van der Waals surface area contributed by atoms with E-state index < -0.39 is 0 Å².